The molecule has 0 saturated carbocycles. The van der Waals surface area contributed by atoms with Crippen molar-refractivity contribution >= 4 is 5.69 Å². The zero-order chi connectivity index (χ0) is 13.4. The first kappa shape index (κ1) is 14.3. The Bertz CT molecular complexity index is 432. The van der Waals surface area contributed by atoms with Gasteiger partial charge in [-0.2, -0.15) is 0 Å². The van der Waals surface area contributed by atoms with E-state index in [4.69, 9.17) is 0 Å². The molecule has 2 heteroatoms. The topological polar surface area (TPSA) is 29.3 Å². The molecule has 0 spiro atoms. The van der Waals surface area contributed by atoms with Crippen LogP contribution < -0.4 is 10.6 Å². The van der Waals surface area contributed by atoms with Gasteiger partial charge < -0.3 is 10.6 Å². The van der Waals surface area contributed by atoms with Crippen LogP contribution >= 0.6 is 0 Å². The number of anilines is 1. The lowest BCUT2D eigenvalue weighted by atomic mass is 10.2. The van der Waals surface area contributed by atoms with Crippen LogP contribution in [0.1, 0.15) is 5.56 Å². The van der Waals surface area contributed by atoms with E-state index < -0.39 is 0 Å². The average Bonchev–Trinajstić information content (AvgIpc) is 2.84. The fourth-order valence-electron chi connectivity index (χ4n) is 2.13. The van der Waals surface area contributed by atoms with Gasteiger partial charge >= 0.3 is 0 Å². The predicted octanol–water partition coefficient (Wildman–Crippen LogP) is 2.92. The first-order valence-electron chi connectivity index (χ1n) is 6.20. The summed E-state index contributed by atoms with van der Waals surface area (Å²) in [5, 5.41) is 0. The maximum absolute atomic E-state index is 4.50. The summed E-state index contributed by atoms with van der Waals surface area (Å²) in [5.41, 5.74) is 8.52. The Hall–Kier alpha value is -1.80. The first-order chi connectivity index (χ1) is 8.85. The third kappa shape index (κ3) is 3.34. The minimum absolute atomic E-state index is 0.923. The van der Waals surface area contributed by atoms with Gasteiger partial charge in [0.2, 0.25) is 0 Å². The Morgan fingerprint density at radius 3 is 2.72 bits per heavy atom. The molecule has 1 aliphatic heterocycles. The van der Waals surface area contributed by atoms with Gasteiger partial charge in [0.25, 0.3) is 0 Å². The van der Waals surface area contributed by atoms with Gasteiger partial charge in [-0.3, -0.25) is 0 Å². The molecule has 1 heterocycles. The van der Waals surface area contributed by atoms with Gasteiger partial charge in [0.15, 0.2) is 0 Å². The zero-order valence-electron chi connectivity index (χ0n) is 11.1. The van der Waals surface area contributed by atoms with E-state index in [1.165, 1.54) is 23.9 Å². The highest BCUT2D eigenvalue weighted by atomic mass is 15.1. The molecule has 0 fully saturated rings. The Labute approximate surface area is 110 Å². The molecule has 1 aliphatic rings. The quantitative estimate of drug-likeness (QED) is 0.823. The molecular weight excluding hydrogens is 220 g/mol. The van der Waals surface area contributed by atoms with E-state index in [9.17, 15) is 0 Å². The van der Waals surface area contributed by atoms with Crippen LogP contribution in [0.15, 0.2) is 61.2 Å². The summed E-state index contributed by atoms with van der Waals surface area (Å²) in [4.78, 5) is 2.40. The minimum Gasteiger partial charge on any atom is -0.367 e. The molecule has 0 amide bonds. The maximum atomic E-state index is 4.50. The van der Waals surface area contributed by atoms with Crippen LogP contribution in [0.5, 0.6) is 0 Å². The Morgan fingerprint density at radius 1 is 1.33 bits per heavy atom. The number of hydrogen-bond donors (Lipinski definition) is 1. The maximum Gasteiger partial charge on any atom is 0.0429 e. The molecule has 0 atom stereocenters. The van der Waals surface area contributed by atoms with E-state index in [-0.39, 0.29) is 0 Å². The third-order valence-electron chi connectivity index (χ3n) is 2.95. The van der Waals surface area contributed by atoms with E-state index in [0.717, 1.165) is 19.5 Å². The lowest BCUT2D eigenvalue weighted by Gasteiger charge is -2.19. The van der Waals surface area contributed by atoms with Gasteiger partial charge in [0.05, 0.1) is 0 Å². The van der Waals surface area contributed by atoms with Crippen LogP contribution in [0.2, 0.25) is 0 Å². The Balaban J connectivity index is 0.000000771. The monoisotopic (exact) mass is 242 g/mol. The third-order valence-corrected chi connectivity index (χ3v) is 2.95. The van der Waals surface area contributed by atoms with E-state index >= 15 is 0 Å². The highest BCUT2D eigenvalue weighted by Crippen LogP contribution is 2.27. The number of fused-ring (bicyclic) bond motifs is 1. The fraction of sp³-hybridized carbons (Fsp3) is 0.250. The normalized spacial score (nSPS) is 13.4. The van der Waals surface area contributed by atoms with Crippen molar-refractivity contribution in [2.24, 2.45) is 5.73 Å². The van der Waals surface area contributed by atoms with Crippen molar-refractivity contribution < 1.29 is 0 Å². The number of nitrogens with two attached hydrogens (primary N) is 1. The molecule has 0 unspecified atom stereocenters. The molecule has 2 nitrogen and oxygen atoms in total. The number of nitrogens with zero attached hydrogens (tertiary/aromatic N) is 1. The second-order valence-electron chi connectivity index (χ2n) is 3.98. The van der Waals surface area contributed by atoms with E-state index in [2.05, 4.69) is 48.1 Å². The number of para-hydroxylation sites is 1. The average molecular weight is 242 g/mol. The van der Waals surface area contributed by atoms with Crippen molar-refractivity contribution in [1.29, 1.82) is 0 Å². The van der Waals surface area contributed by atoms with E-state index in [1.54, 1.807) is 0 Å². The van der Waals surface area contributed by atoms with Gasteiger partial charge in [0.1, 0.15) is 0 Å². The molecular formula is C16H22N2. The second-order valence-corrected chi connectivity index (χ2v) is 3.98. The van der Waals surface area contributed by atoms with Crippen LogP contribution in [0.25, 0.3) is 0 Å². The number of benzene rings is 1. The van der Waals surface area contributed by atoms with Crippen molar-refractivity contribution in [1.82, 2.24) is 0 Å². The van der Waals surface area contributed by atoms with Crippen molar-refractivity contribution in [2.45, 2.75) is 6.42 Å². The summed E-state index contributed by atoms with van der Waals surface area (Å²) >= 11 is 0. The molecule has 0 aromatic heterocycles. The van der Waals surface area contributed by atoms with Crippen LogP contribution in [-0.2, 0) is 6.42 Å². The number of rotatable bonds is 4. The van der Waals surface area contributed by atoms with Crippen molar-refractivity contribution in [3.05, 3.63) is 66.8 Å². The summed E-state index contributed by atoms with van der Waals surface area (Å²) in [6.45, 7) is 9.58. The molecule has 0 radical (unpaired) electrons. The van der Waals surface area contributed by atoms with Gasteiger partial charge in [-0.25, -0.2) is 0 Å². The molecule has 2 N–H and O–H groups in total. The number of hydrogen-bond acceptors (Lipinski definition) is 2. The lowest BCUT2D eigenvalue weighted by molar-refractivity contribution is 0.889. The Kier molecular flexibility index (Phi) is 5.95. The predicted molar refractivity (Wildman–Crippen MR) is 80.9 cm³/mol. The highest BCUT2D eigenvalue weighted by Gasteiger charge is 2.17. The molecule has 0 aliphatic carbocycles. The van der Waals surface area contributed by atoms with Crippen LogP contribution in [0.4, 0.5) is 5.69 Å². The van der Waals surface area contributed by atoms with Gasteiger partial charge in [-0.05, 0) is 30.7 Å². The first-order valence-corrected chi connectivity index (χ1v) is 6.20. The van der Waals surface area contributed by atoms with Gasteiger partial charge in [0, 0.05) is 18.8 Å². The summed E-state index contributed by atoms with van der Waals surface area (Å²) in [5.74, 6) is 0. The largest absolute Gasteiger partial charge is 0.367 e. The van der Waals surface area contributed by atoms with Crippen molar-refractivity contribution in [3.8, 4) is 0 Å². The summed E-state index contributed by atoms with van der Waals surface area (Å²) in [7, 11) is 1.50. The smallest absolute Gasteiger partial charge is 0.0429 e. The number of allylic oxidation sites excluding steroid dienone is 2. The summed E-state index contributed by atoms with van der Waals surface area (Å²) in [6, 6.07) is 8.61. The second kappa shape index (κ2) is 7.51. The molecule has 96 valence electrons. The molecule has 0 bridgehead atoms. The highest BCUT2D eigenvalue weighted by molar-refractivity contribution is 5.59. The molecule has 1 aromatic carbocycles. The standard InChI is InChI=1S/C15H17N.CH5N/c1-3-7-13(4-2)12-16-11-10-14-8-5-6-9-15(14)16;1-2/h3-9H,1-2,10-12H2;2H2,1H3/b13-7+;. The van der Waals surface area contributed by atoms with Crippen molar-refractivity contribution in [3.63, 3.8) is 0 Å². The van der Waals surface area contributed by atoms with Crippen molar-refractivity contribution in [2.75, 3.05) is 25.0 Å². The zero-order valence-corrected chi connectivity index (χ0v) is 11.1. The molecule has 18 heavy (non-hydrogen) atoms. The SMILES string of the molecule is C=C/C=C(\C=C)CN1CCc2ccccc21.CN. The molecule has 1 aromatic rings. The Morgan fingerprint density at radius 2 is 2.06 bits per heavy atom. The van der Waals surface area contributed by atoms with Crippen LogP contribution in [-0.4, -0.2) is 20.1 Å². The molecule has 2 rings (SSSR count). The van der Waals surface area contributed by atoms with Crippen LogP contribution in [0.3, 0.4) is 0 Å². The fourth-order valence-corrected chi connectivity index (χ4v) is 2.13. The lowest BCUT2D eigenvalue weighted by Crippen LogP contribution is -2.22. The summed E-state index contributed by atoms with van der Waals surface area (Å²) < 4.78 is 0. The van der Waals surface area contributed by atoms with Crippen LogP contribution in [0, 0.1) is 0 Å². The van der Waals surface area contributed by atoms with Gasteiger partial charge in [-0.1, -0.05) is 49.6 Å². The minimum atomic E-state index is 0.923. The van der Waals surface area contributed by atoms with Gasteiger partial charge in [-0.15, -0.1) is 0 Å². The summed E-state index contributed by atoms with van der Waals surface area (Å²) in [6.07, 6.45) is 6.89. The van der Waals surface area contributed by atoms with E-state index in [0.29, 0.717) is 0 Å². The molecule has 0 saturated heterocycles. The van der Waals surface area contributed by atoms with E-state index in [1.807, 2.05) is 18.2 Å².